The van der Waals surface area contributed by atoms with Gasteiger partial charge in [-0.3, -0.25) is 4.84 Å². The Morgan fingerprint density at radius 1 is 1.62 bits per heavy atom. The highest BCUT2D eigenvalue weighted by atomic mass is 16.8. The summed E-state index contributed by atoms with van der Waals surface area (Å²) in [5.41, 5.74) is 5.95. The highest BCUT2D eigenvalue weighted by molar-refractivity contribution is 4.97. The fourth-order valence-electron chi connectivity index (χ4n) is 2.18. The molecule has 2 aliphatic heterocycles. The smallest absolute Gasteiger partial charge is 0.206 e. The monoisotopic (exact) mass is 187 g/mol. The maximum absolute atomic E-state index is 5.95. The van der Waals surface area contributed by atoms with Gasteiger partial charge in [-0.05, 0) is 13.5 Å². The molecular formula is C8H17N3O2. The number of likely N-dealkylation sites (N-methyl/N-ethyl adjacent to an activating group) is 2. The van der Waals surface area contributed by atoms with Crippen LogP contribution < -0.4 is 11.1 Å². The minimum absolute atomic E-state index is 0.0556. The zero-order valence-electron chi connectivity index (χ0n) is 8.12. The van der Waals surface area contributed by atoms with E-state index in [2.05, 4.69) is 5.32 Å². The van der Waals surface area contributed by atoms with E-state index in [1.54, 1.807) is 5.06 Å². The van der Waals surface area contributed by atoms with Gasteiger partial charge in [0.15, 0.2) is 0 Å². The highest BCUT2D eigenvalue weighted by Gasteiger charge is 2.54. The van der Waals surface area contributed by atoms with Gasteiger partial charge in [0.05, 0.1) is 12.6 Å². The first-order valence-corrected chi connectivity index (χ1v) is 4.68. The molecule has 13 heavy (non-hydrogen) atoms. The van der Waals surface area contributed by atoms with E-state index in [4.69, 9.17) is 15.3 Å². The third-order valence-corrected chi connectivity index (χ3v) is 2.86. The van der Waals surface area contributed by atoms with Crippen molar-refractivity contribution in [2.24, 2.45) is 5.73 Å². The minimum atomic E-state index is -0.511. The molecule has 0 aromatic rings. The van der Waals surface area contributed by atoms with E-state index in [1.165, 1.54) is 0 Å². The molecule has 2 rings (SSSR count). The summed E-state index contributed by atoms with van der Waals surface area (Å²) in [5, 5.41) is 4.83. The molecule has 3 N–H and O–H groups in total. The van der Waals surface area contributed by atoms with Gasteiger partial charge in [-0.1, -0.05) is 0 Å². The van der Waals surface area contributed by atoms with Crippen LogP contribution in [0.5, 0.6) is 0 Å². The summed E-state index contributed by atoms with van der Waals surface area (Å²) in [7, 11) is 3.72. The molecule has 0 bridgehead atoms. The van der Waals surface area contributed by atoms with E-state index in [1.807, 2.05) is 14.1 Å². The Morgan fingerprint density at radius 2 is 2.38 bits per heavy atom. The second-order valence-electron chi connectivity index (χ2n) is 3.66. The molecule has 0 radical (unpaired) electrons. The molecule has 0 aromatic carbocycles. The van der Waals surface area contributed by atoms with E-state index >= 15 is 0 Å². The molecule has 2 aliphatic rings. The molecular weight excluding hydrogens is 170 g/mol. The molecule has 1 spiro atoms. The molecule has 0 aliphatic carbocycles. The molecule has 76 valence electrons. The molecule has 5 nitrogen and oxygen atoms in total. The molecule has 3 atom stereocenters. The van der Waals surface area contributed by atoms with Crippen LogP contribution in [0.4, 0.5) is 0 Å². The largest absolute Gasteiger partial charge is 0.347 e. The molecule has 0 aromatic heterocycles. The van der Waals surface area contributed by atoms with Gasteiger partial charge in [0, 0.05) is 13.5 Å². The third-order valence-electron chi connectivity index (χ3n) is 2.86. The fraction of sp³-hybridized carbons (Fsp3) is 1.00. The Morgan fingerprint density at radius 3 is 2.92 bits per heavy atom. The maximum atomic E-state index is 5.95. The first kappa shape index (κ1) is 9.36. The van der Waals surface area contributed by atoms with E-state index in [0.717, 1.165) is 19.4 Å². The van der Waals surface area contributed by atoms with Crippen molar-refractivity contribution in [3.05, 3.63) is 0 Å². The summed E-state index contributed by atoms with van der Waals surface area (Å²) in [6, 6.07) is 0.0556. The summed E-state index contributed by atoms with van der Waals surface area (Å²) in [4.78, 5) is 5.65. The molecule has 0 unspecified atom stereocenters. The van der Waals surface area contributed by atoms with Gasteiger partial charge in [0.2, 0.25) is 5.79 Å². The van der Waals surface area contributed by atoms with Crippen molar-refractivity contribution in [1.29, 1.82) is 0 Å². The van der Waals surface area contributed by atoms with Crippen LogP contribution in [-0.2, 0) is 9.57 Å². The zero-order valence-corrected chi connectivity index (χ0v) is 8.12. The number of hydrogen-bond donors (Lipinski definition) is 2. The summed E-state index contributed by atoms with van der Waals surface area (Å²) in [6.45, 7) is 0.763. The third kappa shape index (κ3) is 1.28. The lowest BCUT2D eigenvalue weighted by Crippen LogP contribution is -2.54. The van der Waals surface area contributed by atoms with Crippen molar-refractivity contribution in [2.75, 3.05) is 20.7 Å². The second kappa shape index (κ2) is 3.18. The predicted octanol–water partition coefficient (Wildman–Crippen LogP) is -0.757. The van der Waals surface area contributed by atoms with Crippen LogP contribution in [-0.4, -0.2) is 43.8 Å². The Labute approximate surface area is 78.1 Å². The number of ether oxygens (including phenoxy) is 1. The summed E-state index contributed by atoms with van der Waals surface area (Å²) < 4.78 is 5.64. The normalized spacial score (nSPS) is 46.4. The number of rotatable bonds is 1. The molecule has 0 amide bonds. The van der Waals surface area contributed by atoms with Crippen molar-refractivity contribution in [2.45, 2.75) is 30.8 Å². The average Bonchev–Trinajstić information content (AvgIpc) is 2.62. The number of nitrogens with one attached hydrogen (secondary N) is 1. The van der Waals surface area contributed by atoms with Gasteiger partial charge in [-0.15, -0.1) is 0 Å². The summed E-state index contributed by atoms with van der Waals surface area (Å²) in [5.74, 6) is -0.511. The Balaban J connectivity index is 2.18. The molecule has 0 saturated carbocycles. The standard InChI is InChI=1S/C8H17N3O2/c1-10-6-7(9)11(2)13-8(6)4-3-5-12-8/h6-7,10H,3-5,9H2,1-2H3/t6-,7-,8+/m0/s1. The lowest BCUT2D eigenvalue weighted by Gasteiger charge is -2.27. The molecule has 2 fully saturated rings. The molecule has 2 saturated heterocycles. The van der Waals surface area contributed by atoms with Crippen molar-refractivity contribution >= 4 is 0 Å². The van der Waals surface area contributed by atoms with Crippen molar-refractivity contribution in [3.63, 3.8) is 0 Å². The lowest BCUT2D eigenvalue weighted by atomic mass is 10.0. The van der Waals surface area contributed by atoms with Crippen LogP contribution in [0.1, 0.15) is 12.8 Å². The predicted molar refractivity (Wildman–Crippen MR) is 47.6 cm³/mol. The number of hydrogen-bond acceptors (Lipinski definition) is 5. The maximum Gasteiger partial charge on any atom is 0.206 e. The highest BCUT2D eigenvalue weighted by Crippen LogP contribution is 2.37. The SMILES string of the molecule is CN[C@H]1[C@@H](N)N(C)O[C@]12CCCO2. The fourth-order valence-corrected chi connectivity index (χ4v) is 2.18. The van der Waals surface area contributed by atoms with E-state index in [9.17, 15) is 0 Å². The van der Waals surface area contributed by atoms with Crippen LogP contribution in [0.3, 0.4) is 0 Å². The number of nitrogens with two attached hydrogens (primary N) is 1. The Kier molecular flexibility index (Phi) is 2.29. The van der Waals surface area contributed by atoms with Crippen LogP contribution in [0, 0.1) is 0 Å². The van der Waals surface area contributed by atoms with Crippen LogP contribution in [0.2, 0.25) is 0 Å². The van der Waals surface area contributed by atoms with Crippen LogP contribution in [0.15, 0.2) is 0 Å². The van der Waals surface area contributed by atoms with E-state index in [0.29, 0.717) is 0 Å². The van der Waals surface area contributed by atoms with E-state index in [-0.39, 0.29) is 12.2 Å². The second-order valence-corrected chi connectivity index (χ2v) is 3.66. The lowest BCUT2D eigenvalue weighted by molar-refractivity contribution is -0.283. The Hall–Kier alpha value is -0.200. The van der Waals surface area contributed by atoms with Gasteiger partial charge < -0.3 is 15.8 Å². The van der Waals surface area contributed by atoms with Gasteiger partial charge in [-0.2, -0.15) is 5.06 Å². The number of hydroxylamine groups is 2. The zero-order chi connectivity index (χ0) is 9.47. The average molecular weight is 187 g/mol. The molecule has 2 heterocycles. The first-order chi connectivity index (χ1) is 6.19. The van der Waals surface area contributed by atoms with Crippen molar-refractivity contribution in [1.82, 2.24) is 10.4 Å². The Bertz CT molecular complexity index is 194. The van der Waals surface area contributed by atoms with Gasteiger partial charge in [0.1, 0.15) is 6.17 Å². The summed E-state index contributed by atoms with van der Waals surface area (Å²) >= 11 is 0. The van der Waals surface area contributed by atoms with Crippen LogP contribution >= 0.6 is 0 Å². The number of nitrogens with zero attached hydrogens (tertiary/aromatic N) is 1. The van der Waals surface area contributed by atoms with Gasteiger partial charge >= 0.3 is 0 Å². The molecule has 5 heteroatoms. The topological polar surface area (TPSA) is 59.8 Å². The summed E-state index contributed by atoms with van der Waals surface area (Å²) in [6.07, 6.45) is 1.82. The van der Waals surface area contributed by atoms with Crippen molar-refractivity contribution in [3.8, 4) is 0 Å². The van der Waals surface area contributed by atoms with Crippen LogP contribution in [0.25, 0.3) is 0 Å². The minimum Gasteiger partial charge on any atom is -0.347 e. The van der Waals surface area contributed by atoms with Crippen molar-refractivity contribution < 1.29 is 9.57 Å². The quantitative estimate of drug-likeness (QED) is 0.565. The van der Waals surface area contributed by atoms with Gasteiger partial charge in [0.25, 0.3) is 0 Å². The first-order valence-electron chi connectivity index (χ1n) is 4.68. The van der Waals surface area contributed by atoms with Gasteiger partial charge in [-0.25, -0.2) is 0 Å². The van der Waals surface area contributed by atoms with E-state index < -0.39 is 5.79 Å².